The topological polar surface area (TPSA) is 87.7 Å². The van der Waals surface area contributed by atoms with Gasteiger partial charge in [-0.05, 0) is 36.1 Å². The maximum absolute atomic E-state index is 13.4. The van der Waals surface area contributed by atoms with Gasteiger partial charge in [-0.15, -0.1) is 0 Å². The molecule has 0 aromatic heterocycles. The number of amides is 2. The third-order valence-electron chi connectivity index (χ3n) is 5.26. The summed E-state index contributed by atoms with van der Waals surface area (Å²) >= 11 is 1.40. The highest BCUT2D eigenvalue weighted by Gasteiger charge is 2.33. The van der Waals surface area contributed by atoms with Crippen LogP contribution in [-0.4, -0.2) is 48.6 Å². The number of unbranched alkanes of at least 4 members (excludes halogenated alkanes) is 1. The predicted molar refractivity (Wildman–Crippen MR) is 129 cm³/mol. The number of likely N-dealkylation sites (N-methyl/N-ethyl adjacent to an activating group) is 1. The average molecular weight is 468 g/mol. The van der Waals surface area contributed by atoms with Gasteiger partial charge in [0.15, 0.2) is 11.5 Å². The molecule has 0 fully saturated rings. The van der Waals surface area contributed by atoms with Crippen LogP contribution in [0.3, 0.4) is 0 Å². The fourth-order valence-corrected chi connectivity index (χ4v) is 4.51. The van der Waals surface area contributed by atoms with Crippen molar-refractivity contribution in [1.82, 2.24) is 14.9 Å². The molecule has 2 N–H and O–H groups in total. The van der Waals surface area contributed by atoms with Crippen molar-refractivity contribution >= 4 is 35.3 Å². The molecule has 33 heavy (non-hydrogen) atoms. The minimum Gasteiger partial charge on any atom is -0.494 e. The van der Waals surface area contributed by atoms with E-state index in [2.05, 4.69) is 10.6 Å². The number of carbonyl (C=O) groups is 3. The molecule has 2 aromatic rings. The largest absolute Gasteiger partial charge is 0.494 e. The lowest BCUT2D eigenvalue weighted by Gasteiger charge is -2.30. The summed E-state index contributed by atoms with van der Waals surface area (Å²) in [6, 6.07) is 15.9. The van der Waals surface area contributed by atoms with Gasteiger partial charge in [0, 0.05) is 30.5 Å². The van der Waals surface area contributed by atoms with Gasteiger partial charge in [-0.1, -0.05) is 55.8 Å². The first kappa shape index (κ1) is 24.4. The monoisotopic (exact) mass is 467 g/mol. The van der Waals surface area contributed by atoms with Crippen molar-refractivity contribution in [3.05, 3.63) is 71.4 Å². The van der Waals surface area contributed by atoms with Crippen LogP contribution in [0.2, 0.25) is 0 Å². The Labute approximate surface area is 198 Å². The summed E-state index contributed by atoms with van der Waals surface area (Å²) in [7, 11) is 3.27. The van der Waals surface area contributed by atoms with Crippen molar-refractivity contribution in [1.29, 1.82) is 0 Å². The summed E-state index contributed by atoms with van der Waals surface area (Å²) in [5, 5.41) is 5.44. The van der Waals surface area contributed by atoms with Crippen molar-refractivity contribution in [2.45, 2.75) is 37.1 Å². The second kappa shape index (κ2) is 11.6. The SMILES string of the molecule is CCCCNC(=O)C(=O)[C@H](Cc1ccccc1)NC(=O)C1=C(OC)c2ccccc2SN1C. The van der Waals surface area contributed by atoms with Crippen LogP contribution in [0.15, 0.2) is 65.2 Å². The number of fused-ring (bicyclic) bond motifs is 1. The molecule has 1 atom stereocenters. The molecule has 0 aliphatic carbocycles. The molecule has 0 radical (unpaired) electrons. The molecule has 2 aromatic carbocycles. The normalized spacial score (nSPS) is 13.7. The number of methoxy groups -OCH3 is 1. The maximum Gasteiger partial charge on any atom is 0.289 e. The lowest BCUT2D eigenvalue weighted by Crippen LogP contribution is -2.50. The van der Waals surface area contributed by atoms with Gasteiger partial charge in [-0.2, -0.15) is 0 Å². The summed E-state index contributed by atoms with van der Waals surface area (Å²) in [5.74, 6) is -1.42. The zero-order valence-electron chi connectivity index (χ0n) is 19.1. The van der Waals surface area contributed by atoms with Crippen molar-refractivity contribution in [3.63, 3.8) is 0 Å². The summed E-state index contributed by atoms with van der Waals surface area (Å²) in [5.41, 5.74) is 1.94. The average Bonchev–Trinajstić information content (AvgIpc) is 2.82. The first-order chi connectivity index (χ1) is 16.0. The quantitative estimate of drug-likeness (QED) is 0.317. The van der Waals surface area contributed by atoms with Crippen LogP contribution >= 0.6 is 11.9 Å². The summed E-state index contributed by atoms with van der Waals surface area (Å²) in [4.78, 5) is 39.8. The Hall–Kier alpha value is -3.26. The standard InChI is InChI=1S/C25H29N3O4S/c1-4-5-15-26-25(31)22(29)19(16-17-11-7-6-8-12-17)27-24(30)21-23(32-3)18-13-9-10-14-20(18)33-28(21)2/h6-14,19H,4-5,15-16H2,1-3H3,(H,26,31)(H,27,30)/t19-/m0/s1. The Kier molecular flexibility index (Phi) is 8.54. The van der Waals surface area contributed by atoms with Gasteiger partial charge < -0.3 is 19.7 Å². The van der Waals surface area contributed by atoms with Gasteiger partial charge in [-0.3, -0.25) is 14.4 Å². The number of carbonyl (C=O) groups excluding carboxylic acids is 3. The molecule has 1 heterocycles. The highest BCUT2D eigenvalue weighted by Crippen LogP contribution is 2.40. The first-order valence-corrected chi connectivity index (χ1v) is 11.7. The lowest BCUT2D eigenvalue weighted by atomic mass is 10.0. The van der Waals surface area contributed by atoms with E-state index in [1.165, 1.54) is 19.1 Å². The van der Waals surface area contributed by atoms with Crippen LogP contribution in [0.1, 0.15) is 30.9 Å². The molecular weight excluding hydrogens is 438 g/mol. The number of rotatable bonds is 10. The highest BCUT2D eigenvalue weighted by atomic mass is 32.2. The molecule has 2 amide bonds. The maximum atomic E-state index is 13.4. The van der Waals surface area contributed by atoms with Crippen LogP contribution < -0.4 is 10.6 Å². The highest BCUT2D eigenvalue weighted by molar-refractivity contribution is 7.97. The van der Waals surface area contributed by atoms with Gasteiger partial charge in [0.1, 0.15) is 6.04 Å². The zero-order chi connectivity index (χ0) is 23.8. The summed E-state index contributed by atoms with van der Waals surface area (Å²) in [6.07, 6.45) is 1.88. The fourth-order valence-electron chi connectivity index (χ4n) is 3.56. The third kappa shape index (κ3) is 5.96. The number of hydrogen-bond acceptors (Lipinski definition) is 6. The Morgan fingerprint density at radius 1 is 1.06 bits per heavy atom. The van der Waals surface area contributed by atoms with E-state index in [0.717, 1.165) is 28.9 Å². The molecule has 0 saturated carbocycles. The van der Waals surface area contributed by atoms with Crippen molar-refractivity contribution in [2.24, 2.45) is 0 Å². The number of ketones is 1. The lowest BCUT2D eigenvalue weighted by molar-refractivity contribution is -0.139. The minimum atomic E-state index is -1.01. The van der Waals surface area contributed by atoms with Crippen LogP contribution in [0, 0.1) is 0 Å². The molecule has 7 nitrogen and oxygen atoms in total. The van der Waals surface area contributed by atoms with Gasteiger partial charge in [0.05, 0.1) is 7.11 Å². The fraction of sp³-hybridized carbons (Fsp3) is 0.320. The van der Waals surface area contributed by atoms with E-state index in [-0.39, 0.29) is 6.42 Å². The molecule has 1 aliphatic rings. The van der Waals surface area contributed by atoms with E-state index < -0.39 is 23.6 Å². The number of hydrogen-bond donors (Lipinski definition) is 2. The number of ether oxygens (including phenoxy) is 1. The van der Waals surface area contributed by atoms with E-state index in [4.69, 9.17) is 4.74 Å². The number of nitrogens with zero attached hydrogens (tertiary/aromatic N) is 1. The Morgan fingerprint density at radius 3 is 2.45 bits per heavy atom. The summed E-state index contributed by atoms with van der Waals surface area (Å²) in [6.45, 7) is 2.42. The van der Waals surface area contributed by atoms with Crippen molar-refractivity contribution in [3.8, 4) is 0 Å². The van der Waals surface area contributed by atoms with E-state index in [1.807, 2.05) is 61.5 Å². The Bertz CT molecular complexity index is 1040. The van der Waals surface area contributed by atoms with Crippen LogP contribution in [0.4, 0.5) is 0 Å². The van der Waals surface area contributed by atoms with Crippen molar-refractivity contribution < 1.29 is 19.1 Å². The number of nitrogens with one attached hydrogen (secondary N) is 2. The number of benzene rings is 2. The van der Waals surface area contributed by atoms with Crippen LogP contribution in [0.5, 0.6) is 0 Å². The Morgan fingerprint density at radius 2 is 1.76 bits per heavy atom. The molecule has 174 valence electrons. The Balaban J connectivity index is 1.88. The van der Waals surface area contributed by atoms with E-state index in [1.54, 1.807) is 11.4 Å². The van der Waals surface area contributed by atoms with Gasteiger partial charge in [0.2, 0.25) is 5.78 Å². The summed E-state index contributed by atoms with van der Waals surface area (Å²) < 4.78 is 7.30. The third-order valence-corrected chi connectivity index (χ3v) is 6.27. The molecule has 0 saturated heterocycles. The predicted octanol–water partition coefficient (Wildman–Crippen LogP) is 3.17. The van der Waals surface area contributed by atoms with E-state index >= 15 is 0 Å². The molecule has 0 spiro atoms. The van der Waals surface area contributed by atoms with Gasteiger partial charge in [-0.25, -0.2) is 0 Å². The first-order valence-electron chi connectivity index (χ1n) is 10.9. The van der Waals surface area contributed by atoms with Gasteiger partial charge in [0.25, 0.3) is 11.8 Å². The van der Waals surface area contributed by atoms with E-state index in [0.29, 0.717) is 18.0 Å². The second-order valence-electron chi connectivity index (χ2n) is 7.66. The molecular formula is C25H29N3O4S. The van der Waals surface area contributed by atoms with Gasteiger partial charge >= 0.3 is 0 Å². The smallest absolute Gasteiger partial charge is 0.289 e. The molecule has 0 unspecified atom stereocenters. The molecule has 8 heteroatoms. The van der Waals surface area contributed by atoms with Crippen LogP contribution in [-0.2, 0) is 25.5 Å². The minimum absolute atomic E-state index is 0.204. The number of Topliss-reactive ketones (excluding diaryl/α,β-unsaturated/α-hetero) is 1. The molecule has 0 bridgehead atoms. The van der Waals surface area contributed by atoms with Crippen LogP contribution in [0.25, 0.3) is 5.76 Å². The molecule has 3 rings (SSSR count). The van der Waals surface area contributed by atoms with E-state index in [9.17, 15) is 14.4 Å². The van der Waals surface area contributed by atoms with Crippen molar-refractivity contribution in [2.75, 3.05) is 20.7 Å². The molecule has 1 aliphatic heterocycles. The second-order valence-corrected chi connectivity index (χ2v) is 8.83. The zero-order valence-corrected chi connectivity index (χ0v) is 19.9.